The minimum atomic E-state index is -2.76. The first-order chi connectivity index (χ1) is 14.7. The highest BCUT2D eigenvalue weighted by Gasteiger charge is 2.45. The number of hydrazone groups is 1. The predicted octanol–water partition coefficient (Wildman–Crippen LogP) is 3.97. The third-order valence-corrected chi connectivity index (χ3v) is 4.86. The normalized spacial score (nSPS) is 18.7. The minimum Gasteiger partial charge on any atom is -0.399 e. The molecule has 2 N–H and O–H groups in total. The zero-order chi connectivity index (χ0) is 22.6. The van der Waals surface area contributed by atoms with Crippen LogP contribution in [0.25, 0.3) is 0 Å². The number of nitrogen functional groups attached to an aromatic ring is 1. The number of nitrogens with two attached hydrogens (primary N) is 1. The van der Waals surface area contributed by atoms with Gasteiger partial charge in [0.2, 0.25) is 5.72 Å². The average Bonchev–Trinajstić information content (AvgIpc) is 2.70. The summed E-state index contributed by atoms with van der Waals surface area (Å²) in [5.74, 6) is -1.53. The number of ether oxygens (including phenoxy) is 1. The fourth-order valence-corrected chi connectivity index (χ4v) is 3.53. The zero-order valence-corrected chi connectivity index (χ0v) is 17.2. The highest BCUT2D eigenvalue weighted by atomic mass is 19.3. The van der Waals surface area contributed by atoms with E-state index in [-0.39, 0.29) is 12.1 Å². The van der Waals surface area contributed by atoms with Crippen molar-refractivity contribution in [2.75, 3.05) is 33.0 Å². The molecule has 5 nitrogen and oxygen atoms in total. The molecule has 0 fully saturated rings. The molecule has 1 atom stereocenters. The summed E-state index contributed by atoms with van der Waals surface area (Å²) in [5.41, 5.74) is 5.46. The molecule has 0 amide bonds. The number of hydrogen-bond donors (Lipinski definition) is 1. The second kappa shape index (κ2) is 9.49. The predicted molar refractivity (Wildman–Crippen MR) is 112 cm³/mol. The Balaban J connectivity index is 2.16. The summed E-state index contributed by atoms with van der Waals surface area (Å²) in [7, 11) is 3.63. The van der Waals surface area contributed by atoms with Crippen LogP contribution in [0.1, 0.15) is 11.1 Å². The van der Waals surface area contributed by atoms with Crippen molar-refractivity contribution in [2.45, 2.75) is 18.7 Å². The van der Waals surface area contributed by atoms with Gasteiger partial charge in [0.1, 0.15) is 18.2 Å². The van der Waals surface area contributed by atoms with E-state index in [1.807, 2.05) is 19.0 Å². The van der Waals surface area contributed by atoms with Crippen LogP contribution in [0.4, 0.5) is 23.2 Å². The molecule has 0 aliphatic carbocycles. The van der Waals surface area contributed by atoms with Gasteiger partial charge in [0.05, 0.1) is 6.54 Å². The summed E-state index contributed by atoms with van der Waals surface area (Å²) in [6, 6.07) is 10.0. The van der Waals surface area contributed by atoms with E-state index in [2.05, 4.69) is 5.10 Å². The van der Waals surface area contributed by atoms with Crippen molar-refractivity contribution in [1.82, 2.24) is 9.91 Å². The SMILES string of the molecule is CN(C)CC1=CC=NN(Cc2c(F)cccc2F)C1(OCC(F)F)c1ccc(N)cc1. The number of alkyl halides is 2. The highest BCUT2D eigenvalue weighted by Crippen LogP contribution is 2.41. The maximum Gasteiger partial charge on any atom is 0.261 e. The molecule has 1 aliphatic heterocycles. The third-order valence-electron chi connectivity index (χ3n) is 4.86. The summed E-state index contributed by atoms with van der Waals surface area (Å²) in [4.78, 5) is 1.84. The quantitative estimate of drug-likeness (QED) is 0.503. The lowest BCUT2D eigenvalue weighted by molar-refractivity contribution is -0.168. The van der Waals surface area contributed by atoms with Crippen molar-refractivity contribution in [3.05, 3.63) is 76.9 Å². The number of halogens is 4. The average molecular weight is 436 g/mol. The van der Waals surface area contributed by atoms with Crippen LogP contribution in [0.3, 0.4) is 0 Å². The van der Waals surface area contributed by atoms with Gasteiger partial charge in [-0.3, -0.25) is 5.01 Å². The molecule has 3 rings (SSSR count). The Hall–Kier alpha value is -2.91. The summed E-state index contributed by atoms with van der Waals surface area (Å²) in [6.45, 7) is -0.913. The third kappa shape index (κ3) is 4.88. The molecule has 1 unspecified atom stereocenters. The maximum atomic E-state index is 14.4. The van der Waals surface area contributed by atoms with Crippen molar-refractivity contribution >= 4 is 11.9 Å². The highest BCUT2D eigenvalue weighted by molar-refractivity contribution is 5.74. The van der Waals surface area contributed by atoms with Crippen LogP contribution >= 0.6 is 0 Å². The van der Waals surface area contributed by atoms with Crippen LogP contribution < -0.4 is 5.73 Å². The molecule has 0 aromatic heterocycles. The largest absolute Gasteiger partial charge is 0.399 e. The molecule has 9 heteroatoms. The number of rotatable bonds is 8. The van der Waals surface area contributed by atoms with Crippen molar-refractivity contribution in [2.24, 2.45) is 5.10 Å². The first-order valence-corrected chi connectivity index (χ1v) is 9.61. The lowest BCUT2D eigenvalue weighted by Crippen LogP contribution is -2.51. The van der Waals surface area contributed by atoms with Gasteiger partial charge in [-0.1, -0.05) is 18.2 Å². The van der Waals surface area contributed by atoms with Gasteiger partial charge in [-0.25, -0.2) is 17.6 Å². The topological polar surface area (TPSA) is 54.1 Å². The van der Waals surface area contributed by atoms with E-state index in [9.17, 15) is 17.6 Å². The summed E-state index contributed by atoms with van der Waals surface area (Å²) in [5, 5.41) is 5.57. The Morgan fingerprint density at radius 2 is 1.74 bits per heavy atom. The monoisotopic (exact) mass is 436 g/mol. The standard InChI is InChI=1S/C22H24F4N4O/c1-29(2)12-16-10-11-28-30(13-18-19(23)4-3-5-20(18)24)22(16,31-14-21(25)26)15-6-8-17(27)9-7-15/h3-11,21H,12-14,27H2,1-2H3. The lowest BCUT2D eigenvalue weighted by Gasteiger charge is -2.46. The van der Waals surface area contributed by atoms with E-state index in [1.165, 1.54) is 17.3 Å². The second-order valence-electron chi connectivity index (χ2n) is 7.42. The molecule has 2 aromatic carbocycles. The van der Waals surface area contributed by atoms with E-state index in [0.29, 0.717) is 23.4 Å². The van der Waals surface area contributed by atoms with E-state index < -0.39 is 30.4 Å². The van der Waals surface area contributed by atoms with E-state index >= 15 is 0 Å². The van der Waals surface area contributed by atoms with Gasteiger partial charge in [-0.05, 0) is 44.4 Å². The van der Waals surface area contributed by atoms with Crippen LogP contribution in [0, 0.1) is 11.6 Å². The van der Waals surface area contributed by atoms with Crippen molar-refractivity contribution in [3.63, 3.8) is 0 Å². The number of allylic oxidation sites excluding steroid dienone is 1. The second-order valence-corrected chi connectivity index (χ2v) is 7.42. The molecule has 2 aromatic rings. The molecule has 0 radical (unpaired) electrons. The molecule has 0 saturated carbocycles. The Bertz CT molecular complexity index is 942. The Morgan fingerprint density at radius 1 is 1.10 bits per heavy atom. The van der Waals surface area contributed by atoms with E-state index in [4.69, 9.17) is 10.5 Å². The van der Waals surface area contributed by atoms with Gasteiger partial charge in [0.15, 0.2) is 0 Å². The summed E-state index contributed by atoms with van der Waals surface area (Å²) < 4.78 is 61.2. The first kappa shape index (κ1) is 22.8. The lowest BCUT2D eigenvalue weighted by atomic mass is 9.90. The molecular formula is C22H24F4N4O. The molecule has 0 spiro atoms. The van der Waals surface area contributed by atoms with Gasteiger partial charge in [0, 0.05) is 35.1 Å². The van der Waals surface area contributed by atoms with E-state index in [1.54, 1.807) is 30.3 Å². The number of nitrogens with zero attached hydrogens (tertiary/aromatic N) is 3. The number of hydrogen-bond acceptors (Lipinski definition) is 5. The number of anilines is 1. The Morgan fingerprint density at radius 3 is 2.32 bits per heavy atom. The fourth-order valence-electron chi connectivity index (χ4n) is 3.53. The summed E-state index contributed by atoms with van der Waals surface area (Å²) in [6.07, 6.45) is 0.360. The van der Waals surface area contributed by atoms with Crippen LogP contribution in [-0.2, 0) is 17.0 Å². The van der Waals surface area contributed by atoms with E-state index in [0.717, 1.165) is 12.1 Å². The first-order valence-electron chi connectivity index (χ1n) is 9.61. The van der Waals surface area contributed by atoms with Gasteiger partial charge in [-0.2, -0.15) is 5.10 Å². The molecular weight excluding hydrogens is 412 g/mol. The maximum absolute atomic E-state index is 14.4. The molecule has 166 valence electrons. The number of likely N-dealkylation sites (N-methyl/N-ethyl adjacent to an activating group) is 1. The minimum absolute atomic E-state index is 0.244. The zero-order valence-electron chi connectivity index (χ0n) is 17.2. The molecule has 1 aliphatic rings. The Labute approximate surface area is 178 Å². The van der Waals surface area contributed by atoms with Gasteiger partial charge >= 0.3 is 0 Å². The number of benzene rings is 2. The van der Waals surface area contributed by atoms with Crippen LogP contribution in [0.5, 0.6) is 0 Å². The molecule has 0 saturated heterocycles. The van der Waals surface area contributed by atoms with Crippen molar-refractivity contribution < 1.29 is 22.3 Å². The van der Waals surface area contributed by atoms with Gasteiger partial charge < -0.3 is 15.4 Å². The van der Waals surface area contributed by atoms with Gasteiger partial charge in [-0.15, -0.1) is 0 Å². The summed E-state index contributed by atoms with van der Waals surface area (Å²) >= 11 is 0. The van der Waals surface area contributed by atoms with Gasteiger partial charge in [0.25, 0.3) is 6.43 Å². The molecule has 1 heterocycles. The van der Waals surface area contributed by atoms with Crippen molar-refractivity contribution in [3.8, 4) is 0 Å². The molecule has 31 heavy (non-hydrogen) atoms. The van der Waals surface area contributed by atoms with Crippen LogP contribution in [0.15, 0.2) is 59.2 Å². The fraction of sp³-hybridized carbons (Fsp3) is 0.318. The van der Waals surface area contributed by atoms with Crippen molar-refractivity contribution in [1.29, 1.82) is 0 Å². The molecule has 0 bridgehead atoms. The van der Waals surface area contributed by atoms with Crippen LogP contribution in [0.2, 0.25) is 0 Å². The van der Waals surface area contributed by atoms with Crippen LogP contribution in [-0.4, -0.2) is 49.8 Å². The Kier molecular flexibility index (Phi) is 6.97. The smallest absolute Gasteiger partial charge is 0.261 e.